The van der Waals surface area contributed by atoms with E-state index in [0.717, 1.165) is 31.5 Å². The third-order valence-corrected chi connectivity index (χ3v) is 3.82. The van der Waals surface area contributed by atoms with Gasteiger partial charge in [-0.05, 0) is 49.9 Å². The van der Waals surface area contributed by atoms with E-state index in [4.69, 9.17) is 5.11 Å². The molecule has 3 nitrogen and oxygen atoms in total. The first-order valence-electron chi connectivity index (χ1n) is 6.75. The van der Waals surface area contributed by atoms with Crippen LogP contribution in [-0.2, 0) is 11.2 Å². The molecule has 1 fully saturated rings. The van der Waals surface area contributed by atoms with Gasteiger partial charge in [-0.2, -0.15) is 0 Å². The monoisotopic (exact) mass is 265 g/mol. The minimum atomic E-state index is -0.718. The molecule has 1 aliphatic rings. The Hall–Kier alpha value is -1.42. The third kappa shape index (κ3) is 4.03. The van der Waals surface area contributed by atoms with Gasteiger partial charge >= 0.3 is 5.97 Å². The summed E-state index contributed by atoms with van der Waals surface area (Å²) < 4.78 is 13.1. The van der Waals surface area contributed by atoms with Crippen molar-refractivity contribution >= 4 is 5.97 Å². The van der Waals surface area contributed by atoms with E-state index in [0.29, 0.717) is 6.04 Å². The van der Waals surface area contributed by atoms with Crippen molar-refractivity contribution in [2.75, 3.05) is 13.1 Å². The highest BCUT2D eigenvalue weighted by Gasteiger charge is 2.27. The van der Waals surface area contributed by atoms with Crippen LogP contribution in [0.2, 0.25) is 0 Å². The van der Waals surface area contributed by atoms with Gasteiger partial charge in [0.05, 0.1) is 0 Å². The second-order valence-electron chi connectivity index (χ2n) is 5.43. The lowest BCUT2D eigenvalue weighted by atomic mass is 10.0. The van der Waals surface area contributed by atoms with Gasteiger partial charge in [0, 0.05) is 19.0 Å². The molecule has 0 aromatic heterocycles. The molecule has 19 heavy (non-hydrogen) atoms. The van der Waals surface area contributed by atoms with E-state index in [2.05, 4.69) is 11.8 Å². The molecular formula is C15H20FNO2. The molecule has 0 bridgehead atoms. The summed E-state index contributed by atoms with van der Waals surface area (Å²) in [5, 5.41) is 8.80. The van der Waals surface area contributed by atoms with E-state index in [1.807, 2.05) is 6.07 Å². The Morgan fingerprint density at radius 2 is 2.37 bits per heavy atom. The van der Waals surface area contributed by atoms with Gasteiger partial charge in [0.2, 0.25) is 0 Å². The van der Waals surface area contributed by atoms with Crippen LogP contribution in [0.4, 0.5) is 4.39 Å². The highest BCUT2D eigenvalue weighted by atomic mass is 19.1. The molecule has 2 unspecified atom stereocenters. The number of aliphatic carboxylic acids is 1. The highest BCUT2D eigenvalue weighted by molar-refractivity contribution is 5.67. The van der Waals surface area contributed by atoms with E-state index in [1.165, 1.54) is 6.07 Å². The molecule has 0 aliphatic carbocycles. The molecule has 4 heteroatoms. The summed E-state index contributed by atoms with van der Waals surface area (Å²) in [6, 6.07) is 7.01. The van der Waals surface area contributed by atoms with Gasteiger partial charge in [-0.25, -0.2) is 4.39 Å². The van der Waals surface area contributed by atoms with E-state index in [9.17, 15) is 9.18 Å². The predicted octanol–water partition coefficient (Wildman–Crippen LogP) is 2.55. The Labute approximate surface area is 113 Å². The summed E-state index contributed by atoms with van der Waals surface area (Å²) in [6.07, 6.45) is 2.00. The summed E-state index contributed by atoms with van der Waals surface area (Å²) in [4.78, 5) is 13.0. The highest BCUT2D eigenvalue weighted by Crippen LogP contribution is 2.23. The summed E-state index contributed by atoms with van der Waals surface area (Å²) >= 11 is 0. The van der Waals surface area contributed by atoms with Crippen LogP contribution in [0.1, 0.15) is 25.3 Å². The van der Waals surface area contributed by atoms with Gasteiger partial charge in [-0.15, -0.1) is 0 Å². The number of likely N-dealkylation sites (tertiary alicyclic amines) is 1. The number of rotatable bonds is 5. The maximum absolute atomic E-state index is 13.1. The Morgan fingerprint density at radius 3 is 3.05 bits per heavy atom. The zero-order valence-corrected chi connectivity index (χ0v) is 11.2. The number of carbonyl (C=O) groups is 1. The SMILES string of the molecule is CC(Cc1cccc(F)c1)N1CCC(CC(=O)O)C1. The summed E-state index contributed by atoms with van der Waals surface area (Å²) in [5.41, 5.74) is 0.995. The topological polar surface area (TPSA) is 40.5 Å². The minimum Gasteiger partial charge on any atom is -0.481 e. The molecule has 0 amide bonds. The summed E-state index contributed by atoms with van der Waals surface area (Å²) in [5.74, 6) is -0.660. The number of hydrogen-bond donors (Lipinski definition) is 1. The second kappa shape index (κ2) is 6.15. The molecule has 1 aliphatic heterocycles. The Kier molecular flexibility index (Phi) is 4.53. The second-order valence-corrected chi connectivity index (χ2v) is 5.43. The molecule has 1 N–H and O–H groups in total. The third-order valence-electron chi connectivity index (χ3n) is 3.82. The van der Waals surface area contributed by atoms with Crippen molar-refractivity contribution in [1.82, 2.24) is 4.90 Å². The Balaban J connectivity index is 1.87. The van der Waals surface area contributed by atoms with E-state index in [-0.39, 0.29) is 18.2 Å². The molecular weight excluding hydrogens is 245 g/mol. The standard InChI is InChI=1S/C15H20FNO2/c1-11(7-12-3-2-4-14(16)8-12)17-6-5-13(10-17)9-15(18)19/h2-4,8,11,13H,5-7,9-10H2,1H3,(H,18,19). The van der Waals surface area contributed by atoms with Crippen LogP contribution in [0, 0.1) is 11.7 Å². The first kappa shape index (κ1) is 14.0. The van der Waals surface area contributed by atoms with Gasteiger partial charge in [-0.1, -0.05) is 12.1 Å². The lowest BCUT2D eigenvalue weighted by Crippen LogP contribution is -2.32. The van der Waals surface area contributed by atoms with Crippen LogP contribution in [-0.4, -0.2) is 35.1 Å². The lowest BCUT2D eigenvalue weighted by molar-refractivity contribution is -0.138. The van der Waals surface area contributed by atoms with Crippen LogP contribution < -0.4 is 0 Å². The molecule has 0 spiro atoms. The van der Waals surface area contributed by atoms with Crippen LogP contribution in [0.3, 0.4) is 0 Å². The van der Waals surface area contributed by atoms with Crippen molar-refractivity contribution in [3.8, 4) is 0 Å². The van der Waals surface area contributed by atoms with Gasteiger partial charge in [0.1, 0.15) is 5.82 Å². The first-order chi connectivity index (χ1) is 9.04. The molecule has 104 valence electrons. The Morgan fingerprint density at radius 1 is 1.58 bits per heavy atom. The molecule has 1 saturated heterocycles. The van der Waals surface area contributed by atoms with Crippen molar-refractivity contribution in [2.45, 2.75) is 32.2 Å². The predicted molar refractivity (Wildman–Crippen MR) is 71.5 cm³/mol. The maximum Gasteiger partial charge on any atom is 0.303 e. The molecule has 1 heterocycles. The van der Waals surface area contributed by atoms with E-state index < -0.39 is 5.97 Å². The molecule has 0 saturated carbocycles. The van der Waals surface area contributed by atoms with Crippen molar-refractivity contribution in [3.63, 3.8) is 0 Å². The Bertz CT molecular complexity index is 450. The average Bonchev–Trinajstić information content (AvgIpc) is 2.76. The number of benzene rings is 1. The summed E-state index contributed by atoms with van der Waals surface area (Å²) in [6.45, 7) is 3.89. The van der Waals surface area contributed by atoms with Gasteiger partial charge in [0.25, 0.3) is 0 Å². The first-order valence-corrected chi connectivity index (χ1v) is 6.75. The van der Waals surface area contributed by atoms with Crippen molar-refractivity contribution in [3.05, 3.63) is 35.6 Å². The number of carboxylic acids is 1. The van der Waals surface area contributed by atoms with Gasteiger partial charge < -0.3 is 10.0 Å². The fourth-order valence-electron chi connectivity index (χ4n) is 2.81. The average molecular weight is 265 g/mol. The lowest BCUT2D eigenvalue weighted by Gasteiger charge is -2.24. The minimum absolute atomic E-state index is 0.199. The number of nitrogens with zero attached hydrogens (tertiary/aromatic N) is 1. The number of hydrogen-bond acceptors (Lipinski definition) is 2. The number of carboxylic acid groups (broad SMARTS) is 1. The quantitative estimate of drug-likeness (QED) is 0.889. The zero-order chi connectivity index (χ0) is 13.8. The van der Waals surface area contributed by atoms with Crippen LogP contribution in [0.15, 0.2) is 24.3 Å². The van der Waals surface area contributed by atoms with Crippen LogP contribution in [0.5, 0.6) is 0 Å². The van der Waals surface area contributed by atoms with E-state index in [1.54, 1.807) is 12.1 Å². The normalized spacial score (nSPS) is 21.5. The molecule has 1 aromatic carbocycles. The fraction of sp³-hybridized carbons (Fsp3) is 0.533. The molecule has 1 aromatic rings. The van der Waals surface area contributed by atoms with Crippen LogP contribution in [0.25, 0.3) is 0 Å². The van der Waals surface area contributed by atoms with Gasteiger partial charge in [-0.3, -0.25) is 4.79 Å². The molecule has 0 radical (unpaired) electrons. The fourth-order valence-corrected chi connectivity index (χ4v) is 2.81. The van der Waals surface area contributed by atoms with Crippen molar-refractivity contribution in [1.29, 1.82) is 0 Å². The molecule has 2 atom stereocenters. The summed E-state index contributed by atoms with van der Waals surface area (Å²) in [7, 11) is 0. The van der Waals surface area contributed by atoms with Crippen LogP contribution >= 0.6 is 0 Å². The maximum atomic E-state index is 13.1. The van der Waals surface area contributed by atoms with E-state index >= 15 is 0 Å². The van der Waals surface area contributed by atoms with Crippen molar-refractivity contribution < 1.29 is 14.3 Å². The smallest absolute Gasteiger partial charge is 0.303 e. The largest absolute Gasteiger partial charge is 0.481 e. The zero-order valence-electron chi connectivity index (χ0n) is 11.2. The number of halogens is 1. The molecule has 2 rings (SSSR count). The van der Waals surface area contributed by atoms with Gasteiger partial charge in [0.15, 0.2) is 0 Å². The van der Waals surface area contributed by atoms with Crippen molar-refractivity contribution in [2.24, 2.45) is 5.92 Å².